The Kier molecular flexibility index (Phi) is 6.41. The molecular weight excluding hydrogens is 434 g/mol. The predicted molar refractivity (Wildman–Crippen MR) is 105 cm³/mol. The summed E-state index contributed by atoms with van der Waals surface area (Å²) < 4.78 is 93.1. The molecule has 0 spiro atoms. The second-order valence-corrected chi connectivity index (χ2v) is 7.62. The van der Waals surface area contributed by atoms with E-state index < -0.39 is 46.8 Å². The summed E-state index contributed by atoms with van der Waals surface area (Å²) in [5, 5.41) is 0. The molecule has 1 aliphatic heterocycles. The first-order valence-electron chi connectivity index (χ1n) is 9.96. The molecule has 0 amide bonds. The second-order valence-electron chi connectivity index (χ2n) is 7.62. The lowest BCUT2D eigenvalue weighted by Gasteiger charge is -2.29. The normalized spacial score (nSPS) is 18.6. The van der Waals surface area contributed by atoms with Crippen molar-refractivity contribution in [3.63, 3.8) is 0 Å². The maximum atomic E-state index is 14.6. The Morgan fingerprint density at radius 1 is 0.781 bits per heavy atom. The summed E-state index contributed by atoms with van der Waals surface area (Å²) in [6.07, 6.45) is 0.729. The van der Waals surface area contributed by atoms with Gasteiger partial charge in [0.2, 0.25) is 0 Å². The van der Waals surface area contributed by atoms with Crippen LogP contribution in [0.25, 0.3) is 11.1 Å². The number of ether oxygens (including phenoxy) is 2. The van der Waals surface area contributed by atoms with Crippen molar-refractivity contribution in [1.29, 1.82) is 0 Å². The van der Waals surface area contributed by atoms with Crippen LogP contribution < -0.4 is 4.74 Å². The first-order chi connectivity index (χ1) is 15.3. The second kappa shape index (κ2) is 9.24. The molecule has 0 bridgehead atoms. The molecule has 0 aliphatic carbocycles. The van der Waals surface area contributed by atoms with Crippen molar-refractivity contribution in [2.75, 3.05) is 13.2 Å². The van der Waals surface area contributed by atoms with Crippen LogP contribution in [0.2, 0.25) is 0 Å². The third-order valence-electron chi connectivity index (χ3n) is 5.41. The van der Waals surface area contributed by atoms with E-state index in [1.54, 1.807) is 6.07 Å². The lowest BCUT2D eigenvalue weighted by atomic mass is 9.93. The van der Waals surface area contributed by atoms with Crippen LogP contribution in [0.15, 0.2) is 48.5 Å². The summed E-state index contributed by atoms with van der Waals surface area (Å²) >= 11 is 0. The standard InChI is InChI=1S/C24H18F6O2/c25-17-2-1-3-18(26)24(17)32-12-13-4-7-22(31-11-13)14-5-6-16(19(27)8-14)15-9-20(28)23(30)21(29)10-15/h1-3,5-6,8-10,13,22H,4,7,11-12H2. The molecule has 1 saturated heterocycles. The van der Waals surface area contributed by atoms with E-state index in [-0.39, 0.29) is 30.3 Å². The quantitative estimate of drug-likeness (QED) is 0.316. The van der Waals surface area contributed by atoms with Crippen LogP contribution in [0.3, 0.4) is 0 Å². The van der Waals surface area contributed by atoms with Crippen molar-refractivity contribution < 1.29 is 35.8 Å². The summed E-state index contributed by atoms with van der Waals surface area (Å²) in [4.78, 5) is 0. The number of para-hydroxylation sites is 1. The lowest BCUT2D eigenvalue weighted by molar-refractivity contribution is -0.0292. The van der Waals surface area contributed by atoms with Crippen LogP contribution in [0.1, 0.15) is 24.5 Å². The molecule has 1 aliphatic rings. The third kappa shape index (κ3) is 4.60. The molecule has 0 radical (unpaired) electrons. The summed E-state index contributed by atoms with van der Waals surface area (Å²) in [6, 6.07) is 9.08. The van der Waals surface area contributed by atoms with E-state index in [2.05, 4.69) is 0 Å². The lowest BCUT2D eigenvalue weighted by Crippen LogP contribution is -2.26. The summed E-state index contributed by atoms with van der Waals surface area (Å²) in [6.45, 7) is 0.318. The van der Waals surface area contributed by atoms with E-state index in [0.29, 0.717) is 18.4 Å². The molecule has 2 unspecified atom stereocenters. The first kappa shape index (κ1) is 22.2. The largest absolute Gasteiger partial charge is 0.487 e. The van der Waals surface area contributed by atoms with Gasteiger partial charge in [-0.25, -0.2) is 26.3 Å². The van der Waals surface area contributed by atoms with E-state index in [9.17, 15) is 26.3 Å². The van der Waals surface area contributed by atoms with Gasteiger partial charge in [-0.15, -0.1) is 0 Å². The van der Waals surface area contributed by atoms with Gasteiger partial charge in [0.1, 0.15) is 5.82 Å². The van der Waals surface area contributed by atoms with Crippen molar-refractivity contribution in [2.45, 2.75) is 18.9 Å². The van der Waals surface area contributed by atoms with Crippen LogP contribution in [-0.2, 0) is 4.74 Å². The van der Waals surface area contributed by atoms with E-state index >= 15 is 0 Å². The molecule has 1 heterocycles. The SMILES string of the molecule is Fc1cc(C2CCC(COc3c(F)cccc3F)CO2)ccc1-c1cc(F)c(F)c(F)c1. The fourth-order valence-corrected chi connectivity index (χ4v) is 3.70. The smallest absolute Gasteiger partial charge is 0.194 e. The van der Waals surface area contributed by atoms with Crippen LogP contribution in [-0.4, -0.2) is 13.2 Å². The monoisotopic (exact) mass is 452 g/mol. The molecule has 3 aromatic rings. The molecule has 0 aromatic heterocycles. The zero-order valence-electron chi connectivity index (χ0n) is 16.7. The minimum Gasteiger partial charge on any atom is -0.487 e. The number of benzene rings is 3. The highest BCUT2D eigenvalue weighted by atomic mass is 19.2. The Balaban J connectivity index is 1.39. The van der Waals surface area contributed by atoms with Crippen LogP contribution in [0.4, 0.5) is 26.3 Å². The average molecular weight is 452 g/mol. The molecule has 3 aromatic carbocycles. The van der Waals surface area contributed by atoms with Crippen LogP contribution >= 0.6 is 0 Å². The number of halogens is 6. The fourth-order valence-electron chi connectivity index (χ4n) is 3.70. The van der Waals surface area contributed by atoms with Gasteiger partial charge in [0.05, 0.1) is 19.3 Å². The van der Waals surface area contributed by atoms with E-state index in [4.69, 9.17) is 9.47 Å². The Morgan fingerprint density at radius 3 is 2.06 bits per heavy atom. The molecule has 0 N–H and O–H groups in total. The van der Waals surface area contributed by atoms with E-state index in [1.807, 2.05) is 0 Å². The summed E-state index contributed by atoms with van der Waals surface area (Å²) in [7, 11) is 0. The number of hydrogen-bond donors (Lipinski definition) is 0. The highest BCUT2D eigenvalue weighted by molar-refractivity contribution is 5.64. The Hall–Kier alpha value is -3.00. The zero-order chi connectivity index (χ0) is 22.8. The van der Waals surface area contributed by atoms with Gasteiger partial charge in [-0.1, -0.05) is 18.2 Å². The Labute approximate surface area is 180 Å². The van der Waals surface area contributed by atoms with Crippen LogP contribution in [0.5, 0.6) is 5.75 Å². The van der Waals surface area contributed by atoms with Crippen LogP contribution in [0, 0.1) is 40.8 Å². The average Bonchev–Trinajstić information content (AvgIpc) is 2.77. The Bertz CT molecular complexity index is 1080. The molecule has 2 nitrogen and oxygen atoms in total. The molecule has 32 heavy (non-hydrogen) atoms. The maximum absolute atomic E-state index is 14.6. The fraction of sp³-hybridized carbons (Fsp3) is 0.250. The Morgan fingerprint density at radius 2 is 1.47 bits per heavy atom. The molecule has 0 saturated carbocycles. The molecular formula is C24H18F6O2. The van der Waals surface area contributed by atoms with E-state index in [0.717, 1.165) is 24.3 Å². The highest BCUT2D eigenvalue weighted by Gasteiger charge is 2.25. The van der Waals surface area contributed by atoms with Gasteiger partial charge in [-0.3, -0.25) is 0 Å². The van der Waals surface area contributed by atoms with Crippen molar-refractivity contribution in [2.24, 2.45) is 5.92 Å². The predicted octanol–water partition coefficient (Wildman–Crippen LogP) is 6.73. The zero-order valence-corrected chi connectivity index (χ0v) is 16.7. The van der Waals surface area contributed by atoms with Gasteiger partial charge in [-0.2, -0.15) is 0 Å². The van der Waals surface area contributed by atoms with Crippen molar-refractivity contribution >= 4 is 0 Å². The maximum Gasteiger partial charge on any atom is 0.194 e. The third-order valence-corrected chi connectivity index (χ3v) is 5.41. The molecule has 4 rings (SSSR count). The minimum absolute atomic E-state index is 0.0689. The number of hydrogen-bond acceptors (Lipinski definition) is 2. The topological polar surface area (TPSA) is 18.5 Å². The van der Waals surface area contributed by atoms with Gasteiger partial charge < -0.3 is 9.47 Å². The summed E-state index contributed by atoms with van der Waals surface area (Å²) in [5.41, 5.74) is 0.349. The van der Waals surface area contributed by atoms with Crippen molar-refractivity contribution in [3.8, 4) is 16.9 Å². The van der Waals surface area contributed by atoms with Gasteiger partial charge in [-0.05, 0) is 54.3 Å². The highest BCUT2D eigenvalue weighted by Crippen LogP contribution is 2.34. The molecule has 8 heteroatoms. The number of rotatable bonds is 5. The first-order valence-corrected chi connectivity index (χ1v) is 9.96. The van der Waals surface area contributed by atoms with Gasteiger partial charge in [0.15, 0.2) is 34.8 Å². The van der Waals surface area contributed by atoms with Crippen molar-refractivity contribution in [3.05, 3.63) is 89.0 Å². The van der Waals surface area contributed by atoms with Gasteiger partial charge in [0, 0.05) is 11.5 Å². The van der Waals surface area contributed by atoms with E-state index in [1.165, 1.54) is 18.2 Å². The van der Waals surface area contributed by atoms with Gasteiger partial charge >= 0.3 is 0 Å². The van der Waals surface area contributed by atoms with Crippen molar-refractivity contribution in [1.82, 2.24) is 0 Å². The molecule has 2 atom stereocenters. The molecule has 1 fully saturated rings. The summed E-state index contributed by atoms with van der Waals surface area (Å²) in [5.74, 6) is -7.23. The minimum atomic E-state index is -1.61. The van der Waals surface area contributed by atoms with Gasteiger partial charge in [0.25, 0.3) is 0 Å². The molecule has 168 valence electrons.